The van der Waals surface area contributed by atoms with Gasteiger partial charge in [-0.15, -0.1) is 10.2 Å². The summed E-state index contributed by atoms with van der Waals surface area (Å²) >= 11 is 2.22. The van der Waals surface area contributed by atoms with Gasteiger partial charge in [0.1, 0.15) is 11.6 Å². The third-order valence-corrected chi connectivity index (χ3v) is 5.36. The fourth-order valence-corrected chi connectivity index (χ4v) is 3.74. The van der Waals surface area contributed by atoms with E-state index in [1.807, 2.05) is 30.3 Å². The van der Waals surface area contributed by atoms with Gasteiger partial charge in [0.25, 0.3) is 0 Å². The summed E-state index contributed by atoms with van der Waals surface area (Å²) in [6.45, 7) is 0. The third-order valence-electron chi connectivity index (χ3n) is 3.39. The summed E-state index contributed by atoms with van der Waals surface area (Å²) in [5.41, 5.74) is 0.780. The largest absolute Gasteiger partial charge is 0.323 e. The van der Waals surface area contributed by atoms with Crippen LogP contribution >= 0.6 is 23.1 Å². The zero-order chi connectivity index (χ0) is 19.9. The minimum Gasteiger partial charge on any atom is -0.323 e. The molecular weight excluding hydrogens is 406 g/mol. The smallest absolute Gasteiger partial charge is 0.234 e. The topological polar surface area (TPSA) is 84.0 Å². The summed E-state index contributed by atoms with van der Waals surface area (Å²) in [6.07, 6.45) is 0.217. The number of rotatable bonds is 7. The van der Waals surface area contributed by atoms with Crippen LogP contribution in [0.3, 0.4) is 0 Å². The number of amides is 2. The molecule has 0 aliphatic heterocycles. The molecule has 0 unspecified atom stereocenters. The van der Waals surface area contributed by atoms with E-state index in [0.29, 0.717) is 15.5 Å². The highest BCUT2D eigenvalue weighted by molar-refractivity contribution is 8.01. The molecule has 3 rings (SSSR count). The number of carbonyl (C=O) groups excluding carboxylic acids is 2. The summed E-state index contributed by atoms with van der Waals surface area (Å²) in [7, 11) is 0. The predicted octanol–water partition coefficient (Wildman–Crippen LogP) is 3.73. The molecule has 0 saturated carbocycles. The van der Waals surface area contributed by atoms with Gasteiger partial charge in [-0.2, -0.15) is 0 Å². The molecule has 2 aromatic carbocycles. The van der Waals surface area contributed by atoms with Crippen molar-refractivity contribution in [2.75, 3.05) is 16.4 Å². The van der Waals surface area contributed by atoms with Crippen molar-refractivity contribution < 1.29 is 18.4 Å². The van der Waals surface area contributed by atoms with Crippen LogP contribution < -0.4 is 10.6 Å². The second kappa shape index (κ2) is 9.38. The molecule has 0 aliphatic rings. The Morgan fingerprint density at radius 2 is 1.79 bits per heavy atom. The number of hydrogen-bond donors (Lipinski definition) is 2. The van der Waals surface area contributed by atoms with E-state index in [9.17, 15) is 18.4 Å². The molecule has 0 radical (unpaired) electrons. The maximum Gasteiger partial charge on any atom is 0.234 e. The van der Waals surface area contributed by atoms with Gasteiger partial charge in [-0.05, 0) is 17.7 Å². The molecule has 0 aliphatic carbocycles. The highest BCUT2D eigenvalue weighted by atomic mass is 32.2. The van der Waals surface area contributed by atoms with Crippen molar-refractivity contribution in [1.29, 1.82) is 0 Å². The molecule has 0 bridgehead atoms. The molecule has 10 heteroatoms. The summed E-state index contributed by atoms with van der Waals surface area (Å²) < 4.78 is 26.9. The number of hydrogen-bond acceptors (Lipinski definition) is 6. The lowest BCUT2D eigenvalue weighted by molar-refractivity contribution is -0.115. The Kier molecular flexibility index (Phi) is 6.66. The molecule has 3 aromatic rings. The van der Waals surface area contributed by atoms with Gasteiger partial charge in [0, 0.05) is 6.07 Å². The molecule has 144 valence electrons. The minimum absolute atomic E-state index is 0.0383. The Morgan fingerprint density at radius 3 is 2.54 bits per heavy atom. The van der Waals surface area contributed by atoms with E-state index in [4.69, 9.17) is 0 Å². The van der Waals surface area contributed by atoms with Crippen LogP contribution in [0, 0.1) is 11.6 Å². The Balaban J connectivity index is 1.47. The Labute approximate surface area is 167 Å². The molecular formula is C18H14F2N4O2S2. The van der Waals surface area contributed by atoms with Crippen LogP contribution in [-0.2, 0) is 16.0 Å². The van der Waals surface area contributed by atoms with Gasteiger partial charge in [0.15, 0.2) is 4.34 Å². The van der Waals surface area contributed by atoms with Gasteiger partial charge < -0.3 is 10.6 Å². The minimum atomic E-state index is -0.849. The van der Waals surface area contributed by atoms with Crippen LogP contribution in [0.2, 0.25) is 0 Å². The van der Waals surface area contributed by atoms with E-state index in [0.717, 1.165) is 40.8 Å². The lowest BCUT2D eigenvalue weighted by Gasteiger charge is -2.05. The van der Waals surface area contributed by atoms with E-state index in [1.165, 1.54) is 0 Å². The Morgan fingerprint density at radius 1 is 1.00 bits per heavy atom. The van der Waals surface area contributed by atoms with Gasteiger partial charge in [-0.1, -0.05) is 53.4 Å². The number of thioether (sulfide) groups is 1. The van der Waals surface area contributed by atoms with E-state index in [1.54, 1.807) is 0 Å². The zero-order valence-electron chi connectivity index (χ0n) is 14.3. The molecule has 0 saturated heterocycles. The van der Waals surface area contributed by atoms with Gasteiger partial charge >= 0.3 is 0 Å². The number of carbonyl (C=O) groups is 2. The van der Waals surface area contributed by atoms with E-state index < -0.39 is 17.5 Å². The molecule has 6 nitrogen and oxygen atoms in total. The standard InChI is InChI=1S/C18H14F2N4O2S2/c19-12-6-7-14(13(20)9-12)21-16(26)10-27-18-24-23-17(28-18)22-15(25)8-11-4-2-1-3-5-11/h1-7,9H,8,10H2,(H,21,26)(H,22,23,25). The van der Waals surface area contributed by atoms with Gasteiger partial charge in [-0.3, -0.25) is 9.59 Å². The van der Waals surface area contributed by atoms with Crippen molar-refractivity contribution in [2.24, 2.45) is 0 Å². The molecule has 0 atom stereocenters. The first-order valence-electron chi connectivity index (χ1n) is 8.04. The van der Waals surface area contributed by atoms with E-state index in [-0.39, 0.29) is 23.8 Å². The molecule has 2 amide bonds. The Bertz CT molecular complexity index is 983. The monoisotopic (exact) mass is 420 g/mol. The normalized spacial score (nSPS) is 10.5. The molecule has 28 heavy (non-hydrogen) atoms. The van der Waals surface area contributed by atoms with E-state index >= 15 is 0 Å². The Hall–Kier alpha value is -2.85. The van der Waals surface area contributed by atoms with Crippen molar-refractivity contribution >= 4 is 45.7 Å². The van der Waals surface area contributed by atoms with E-state index in [2.05, 4.69) is 20.8 Å². The predicted molar refractivity (Wildman–Crippen MR) is 104 cm³/mol. The van der Waals surface area contributed by atoms with Crippen LogP contribution in [0.5, 0.6) is 0 Å². The average Bonchev–Trinajstić information content (AvgIpc) is 3.10. The lowest BCUT2D eigenvalue weighted by Crippen LogP contribution is -2.15. The number of aromatic nitrogens is 2. The van der Waals surface area contributed by atoms with Crippen LogP contribution in [0.4, 0.5) is 19.6 Å². The number of halogens is 2. The average molecular weight is 420 g/mol. The fourth-order valence-electron chi connectivity index (χ4n) is 2.17. The summed E-state index contributed by atoms with van der Waals surface area (Å²) in [5.74, 6) is -2.30. The molecule has 1 aromatic heterocycles. The maximum absolute atomic E-state index is 13.5. The van der Waals surface area contributed by atoms with Gasteiger partial charge in [-0.25, -0.2) is 8.78 Å². The molecule has 0 fully saturated rings. The van der Waals surface area contributed by atoms with Crippen molar-refractivity contribution in [1.82, 2.24) is 10.2 Å². The summed E-state index contributed by atoms with van der Waals surface area (Å²) in [5, 5.41) is 13.1. The first-order valence-corrected chi connectivity index (χ1v) is 9.85. The van der Waals surface area contributed by atoms with Crippen molar-refractivity contribution in [2.45, 2.75) is 10.8 Å². The summed E-state index contributed by atoms with van der Waals surface area (Å²) in [6, 6.07) is 12.2. The molecule has 1 heterocycles. The maximum atomic E-state index is 13.5. The first-order chi connectivity index (χ1) is 13.5. The van der Waals surface area contributed by atoms with Crippen LogP contribution in [0.25, 0.3) is 0 Å². The quantitative estimate of drug-likeness (QED) is 0.450. The van der Waals surface area contributed by atoms with Crippen LogP contribution in [0.15, 0.2) is 52.9 Å². The summed E-state index contributed by atoms with van der Waals surface area (Å²) in [4.78, 5) is 23.9. The molecule has 0 spiro atoms. The number of anilines is 2. The van der Waals surface area contributed by atoms with Crippen LogP contribution in [-0.4, -0.2) is 27.8 Å². The SMILES string of the molecule is O=C(Cc1ccccc1)Nc1nnc(SCC(=O)Nc2ccc(F)cc2F)s1. The van der Waals surface area contributed by atoms with Gasteiger partial charge in [0.05, 0.1) is 17.9 Å². The van der Waals surface area contributed by atoms with Gasteiger partial charge in [0.2, 0.25) is 16.9 Å². The lowest BCUT2D eigenvalue weighted by atomic mass is 10.1. The fraction of sp³-hybridized carbons (Fsp3) is 0.111. The number of nitrogens with zero attached hydrogens (tertiary/aromatic N) is 2. The highest BCUT2D eigenvalue weighted by Crippen LogP contribution is 2.26. The second-order valence-electron chi connectivity index (χ2n) is 5.54. The highest BCUT2D eigenvalue weighted by Gasteiger charge is 2.12. The van der Waals surface area contributed by atoms with Crippen molar-refractivity contribution in [3.05, 3.63) is 65.7 Å². The third kappa shape index (κ3) is 5.83. The second-order valence-corrected chi connectivity index (χ2v) is 7.74. The van der Waals surface area contributed by atoms with Crippen molar-refractivity contribution in [3.63, 3.8) is 0 Å². The zero-order valence-corrected chi connectivity index (χ0v) is 15.9. The number of nitrogens with one attached hydrogen (secondary N) is 2. The number of benzene rings is 2. The molecule has 2 N–H and O–H groups in total. The first kappa shape index (κ1) is 19.9. The van der Waals surface area contributed by atoms with Crippen LogP contribution in [0.1, 0.15) is 5.56 Å². The van der Waals surface area contributed by atoms with Crippen molar-refractivity contribution in [3.8, 4) is 0 Å².